The molecule has 6 heteroatoms. The first-order valence-electron chi connectivity index (χ1n) is 6.71. The molecule has 1 N–H and O–H groups in total. The van der Waals surface area contributed by atoms with Gasteiger partial charge in [0.1, 0.15) is 5.82 Å². The highest BCUT2D eigenvalue weighted by Gasteiger charge is 2.18. The van der Waals surface area contributed by atoms with E-state index < -0.39 is 0 Å². The van der Waals surface area contributed by atoms with Gasteiger partial charge in [-0.3, -0.25) is 0 Å². The standard InChI is InChI=1S/C14H15BrFN3O/c15-12-2-1-10(16)8-11(12)14-18-13(20-19-14)7-9-3-5-17-6-4-9/h1-2,8-9,17H,3-7H2. The van der Waals surface area contributed by atoms with Crippen molar-refractivity contribution in [2.45, 2.75) is 19.3 Å². The molecular formula is C14H15BrFN3O. The predicted octanol–water partition coefficient (Wildman–Crippen LogP) is 3.18. The Morgan fingerprint density at radius 1 is 1.35 bits per heavy atom. The number of nitrogens with one attached hydrogen (secondary N) is 1. The van der Waals surface area contributed by atoms with Crippen LogP contribution in [-0.2, 0) is 6.42 Å². The van der Waals surface area contributed by atoms with Gasteiger partial charge in [-0.05, 0) is 50.0 Å². The summed E-state index contributed by atoms with van der Waals surface area (Å²) in [5.41, 5.74) is 0.616. The zero-order valence-electron chi connectivity index (χ0n) is 10.9. The van der Waals surface area contributed by atoms with Gasteiger partial charge in [-0.25, -0.2) is 4.39 Å². The van der Waals surface area contributed by atoms with E-state index in [1.54, 1.807) is 6.07 Å². The maximum atomic E-state index is 13.3. The van der Waals surface area contributed by atoms with Crippen LogP contribution in [-0.4, -0.2) is 23.2 Å². The lowest BCUT2D eigenvalue weighted by Crippen LogP contribution is -2.28. The molecule has 0 spiro atoms. The molecule has 1 aliphatic rings. The molecule has 2 heterocycles. The lowest BCUT2D eigenvalue weighted by molar-refractivity contribution is 0.313. The first kappa shape index (κ1) is 13.7. The van der Waals surface area contributed by atoms with Gasteiger partial charge in [0.25, 0.3) is 0 Å². The Balaban J connectivity index is 1.77. The van der Waals surface area contributed by atoms with Gasteiger partial charge in [0.05, 0.1) is 0 Å². The van der Waals surface area contributed by atoms with Crippen molar-refractivity contribution in [1.29, 1.82) is 0 Å². The second kappa shape index (κ2) is 6.01. The summed E-state index contributed by atoms with van der Waals surface area (Å²) < 4.78 is 19.3. The molecule has 0 saturated carbocycles. The van der Waals surface area contributed by atoms with E-state index in [0.29, 0.717) is 23.2 Å². The average Bonchev–Trinajstić information content (AvgIpc) is 2.91. The molecule has 1 aromatic heterocycles. The van der Waals surface area contributed by atoms with Crippen molar-refractivity contribution in [2.75, 3.05) is 13.1 Å². The highest BCUT2D eigenvalue weighted by atomic mass is 79.9. The monoisotopic (exact) mass is 339 g/mol. The maximum Gasteiger partial charge on any atom is 0.227 e. The lowest BCUT2D eigenvalue weighted by Gasteiger charge is -2.20. The number of benzene rings is 1. The van der Waals surface area contributed by atoms with Crippen LogP contribution < -0.4 is 5.32 Å². The van der Waals surface area contributed by atoms with E-state index in [0.717, 1.165) is 36.8 Å². The highest BCUT2D eigenvalue weighted by Crippen LogP contribution is 2.27. The molecule has 0 radical (unpaired) electrons. The number of hydrogen-bond acceptors (Lipinski definition) is 4. The summed E-state index contributed by atoms with van der Waals surface area (Å²) in [5, 5.41) is 7.29. The van der Waals surface area contributed by atoms with Crippen LogP contribution >= 0.6 is 15.9 Å². The Morgan fingerprint density at radius 3 is 2.95 bits per heavy atom. The molecule has 1 aliphatic heterocycles. The van der Waals surface area contributed by atoms with Gasteiger partial charge in [-0.2, -0.15) is 4.98 Å². The fraction of sp³-hybridized carbons (Fsp3) is 0.429. The molecule has 0 amide bonds. The lowest BCUT2D eigenvalue weighted by atomic mass is 9.95. The van der Waals surface area contributed by atoms with E-state index in [4.69, 9.17) is 4.52 Å². The molecule has 0 atom stereocenters. The van der Waals surface area contributed by atoms with Crippen molar-refractivity contribution in [2.24, 2.45) is 5.92 Å². The van der Waals surface area contributed by atoms with Crippen molar-refractivity contribution < 1.29 is 8.91 Å². The van der Waals surface area contributed by atoms with E-state index in [-0.39, 0.29) is 5.82 Å². The molecule has 0 aliphatic carbocycles. The third-order valence-electron chi connectivity index (χ3n) is 3.56. The molecule has 20 heavy (non-hydrogen) atoms. The predicted molar refractivity (Wildman–Crippen MR) is 76.7 cm³/mol. The summed E-state index contributed by atoms with van der Waals surface area (Å²) in [6, 6.07) is 4.44. The van der Waals surface area contributed by atoms with E-state index in [2.05, 4.69) is 31.4 Å². The summed E-state index contributed by atoms with van der Waals surface area (Å²) in [5.74, 6) is 1.33. The second-order valence-electron chi connectivity index (χ2n) is 5.03. The quantitative estimate of drug-likeness (QED) is 0.932. The molecule has 106 valence electrons. The summed E-state index contributed by atoms with van der Waals surface area (Å²) in [4.78, 5) is 4.38. The second-order valence-corrected chi connectivity index (χ2v) is 5.89. The summed E-state index contributed by atoms with van der Waals surface area (Å²) >= 11 is 3.38. The first-order valence-corrected chi connectivity index (χ1v) is 7.50. The molecule has 3 rings (SSSR count). The van der Waals surface area contributed by atoms with Gasteiger partial charge in [-0.15, -0.1) is 0 Å². The van der Waals surface area contributed by atoms with Crippen molar-refractivity contribution in [3.63, 3.8) is 0 Å². The number of hydrogen-bond donors (Lipinski definition) is 1. The Labute approximate surface area is 124 Å². The van der Waals surface area contributed by atoms with Crippen LogP contribution in [0.4, 0.5) is 4.39 Å². The molecule has 1 aromatic carbocycles. The smallest absolute Gasteiger partial charge is 0.227 e. The Kier molecular flexibility index (Phi) is 4.12. The number of aromatic nitrogens is 2. The topological polar surface area (TPSA) is 51.0 Å². The molecule has 0 unspecified atom stereocenters. The SMILES string of the molecule is Fc1ccc(Br)c(-c2noc(CC3CCNCC3)n2)c1. The zero-order valence-corrected chi connectivity index (χ0v) is 12.5. The third kappa shape index (κ3) is 3.07. The van der Waals surface area contributed by atoms with E-state index >= 15 is 0 Å². The van der Waals surface area contributed by atoms with Crippen LogP contribution in [0.15, 0.2) is 27.2 Å². The molecule has 2 aromatic rings. The minimum atomic E-state index is -0.312. The summed E-state index contributed by atoms with van der Waals surface area (Å²) in [6.07, 6.45) is 3.05. The average molecular weight is 340 g/mol. The number of rotatable bonds is 3. The van der Waals surface area contributed by atoms with E-state index in [1.807, 2.05) is 0 Å². The van der Waals surface area contributed by atoms with E-state index in [9.17, 15) is 4.39 Å². The Morgan fingerprint density at radius 2 is 2.15 bits per heavy atom. The van der Waals surface area contributed by atoms with Crippen LogP contribution in [0.1, 0.15) is 18.7 Å². The number of halogens is 2. The van der Waals surface area contributed by atoms with Crippen LogP contribution in [0.25, 0.3) is 11.4 Å². The minimum Gasteiger partial charge on any atom is -0.339 e. The number of piperidine rings is 1. The van der Waals surface area contributed by atoms with Gasteiger partial charge >= 0.3 is 0 Å². The first-order chi connectivity index (χ1) is 9.72. The van der Waals surface area contributed by atoms with E-state index in [1.165, 1.54) is 12.1 Å². The van der Waals surface area contributed by atoms with Gasteiger partial charge < -0.3 is 9.84 Å². The maximum absolute atomic E-state index is 13.3. The van der Waals surface area contributed by atoms with Crippen LogP contribution in [0.2, 0.25) is 0 Å². The number of nitrogens with zero attached hydrogens (tertiary/aromatic N) is 2. The molecule has 4 nitrogen and oxygen atoms in total. The molecular weight excluding hydrogens is 325 g/mol. The fourth-order valence-corrected chi connectivity index (χ4v) is 2.87. The van der Waals surface area contributed by atoms with Crippen LogP contribution in [0.5, 0.6) is 0 Å². The van der Waals surface area contributed by atoms with Crippen molar-refractivity contribution in [1.82, 2.24) is 15.5 Å². The minimum absolute atomic E-state index is 0.312. The summed E-state index contributed by atoms with van der Waals surface area (Å²) in [7, 11) is 0. The Bertz CT molecular complexity index is 596. The van der Waals surface area contributed by atoms with Crippen LogP contribution in [0, 0.1) is 11.7 Å². The van der Waals surface area contributed by atoms with Crippen LogP contribution in [0.3, 0.4) is 0 Å². The summed E-state index contributed by atoms with van der Waals surface area (Å²) in [6.45, 7) is 2.09. The van der Waals surface area contributed by atoms with Crippen molar-refractivity contribution in [3.05, 3.63) is 34.4 Å². The van der Waals surface area contributed by atoms with Gasteiger partial charge in [-0.1, -0.05) is 21.1 Å². The van der Waals surface area contributed by atoms with Gasteiger partial charge in [0, 0.05) is 16.5 Å². The van der Waals surface area contributed by atoms with Crippen molar-refractivity contribution in [3.8, 4) is 11.4 Å². The third-order valence-corrected chi connectivity index (χ3v) is 4.25. The normalized spacial score (nSPS) is 16.5. The molecule has 1 fully saturated rings. The van der Waals surface area contributed by atoms with Crippen molar-refractivity contribution >= 4 is 15.9 Å². The molecule has 0 bridgehead atoms. The molecule has 1 saturated heterocycles. The zero-order chi connectivity index (χ0) is 13.9. The largest absolute Gasteiger partial charge is 0.339 e. The highest BCUT2D eigenvalue weighted by molar-refractivity contribution is 9.10. The fourth-order valence-electron chi connectivity index (χ4n) is 2.45. The van der Waals surface area contributed by atoms with Gasteiger partial charge in [0.15, 0.2) is 0 Å². The van der Waals surface area contributed by atoms with Gasteiger partial charge in [0.2, 0.25) is 11.7 Å². The Hall–Kier alpha value is -1.27.